The Hall–Kier alpha value is -2.38. The quantitative estimate of drug-likeness (QED) is 0.671. The number of carbonyl (C=O) groups is 2. The first kappa shape index (κ1) is 21.8. The Morgan fingerprint density at radius 3 is 2.58 bits per heavy atom. The minimum atomic E-state index is -0.787. The molecule has 0 spiro atoms. The maximum Gasteiger partial charge on any atom is 0.262 e. The molecule has 0 radical (unpaired) electrons. The van der Waals surface area contributed by atoms with Crippen molar-refractivity contribution in [3.05, 3.63) is 47.0 Å². The predicted octanol–water partition coefficient (Wildman–Crippen LogP) is 3.65. The van der Waals surface area contributed by atoms with Crippen LogP contribution in [0.5, 0.6) is 0 Å². The molecule has 6 nitrogen and oxygen atoms in total. The largest absolute Gasteiger partial charge is 0.516 e. The average Bonchev–Trinajstić information content (AvgIpc) is 3.33. The second kappa shape index (κ2) is 8.63. The number of piperazine rings is 1. The van der Waals surface area contributed by atoms with Crippen LogP contribution in [0.4, 0.5) is 0 Å². The zero-order valence-corrected chi connectivity index (χ0v) is 19.2. The summed E-state index contributed by atoms with van der Waals surface area (Å²) in [6.45, 7) is 9.66. The first-order chi connectivity index (χ1) is 14.8. The zero-order valence-electron chi connectivity index (χ0n) is 18.4. The van der Waals surface area contributed by atoms with Crippen LogP contribution in [-0.2, 0) is 4.79 Å². The molecule has 1 aliphatic carbocycles. The number of hydrogen-bond acceptors (Lipinski definition) is 5. The van der Waals surface area contributed by atoms with E-state index in [-0.39, 0.29) is 17.7 Å². The van der Waals surface area contributed by atoms with Crippen molar-refractivity contribution < 1.29 is 14.7 Å². The van der Waals surface area contributed by atoms with Gasteiger partial charge in [0.25, 0.3) is 5.91 Å². The molecular weight excluding hydrogens is 410 g/mol. The molecule has 0 unspecified atom stereocenters. The number of benzene rings is 1. The number of rotatable bonds is 6. The summed E-state index contributed by atoms with van der Waals surface area (Å²) in [5.41, 5.74) is 0.124. The molecule has 2 N–H and O–H groups in total. The van der Waals surface area contributed by atoms with Crippen LogP contribution in [0.1, 0.15) is 36.9 Å². The van der Waals surface area contributed by atoms with Gasteiger partial charge >= 0.3 is 0 Å². The van der Waals surface area contributed by atoms with Crippen LogP contribution in [0.2, 0.25) is 0 Å². The third-order valence-electron chi connectivity index (χ3n) is 6.54. The van der Waals surface area contributed by atoms with E-state index in [4.69, 9.17) is 5.11 Å². The lowest BCUT2D eigenvalue weighted by molar-refractivity contribution is -0.136. The smallest absolute Gasteiger partial charge is 0.262 e. The number of amides is 2. The van der Waals surface area contributed by atoms with Crippen molar-refractivity contribution in [2.45, 2.75) is 32.7 Å². The summed E-state index contributed by atoms with van der Waals surface area (Å²) in [5.74, 6) is 0.385. The van der Waals surface area contributed by atoms with E-state index in [1.807, 2.05) is 42.2 Å². The van der Waals surface area contributed by atoms with Gasteiger partial charge in [0.1, 0.15) is 5.54 Å². The lowest BCUT2D eigenvalue weighted by Crippen LogP contribution is -2.57. The van der Waals surface area contributed by atoms with Gasteiger partial charge in [0, 0.05) is 37.4 Å². The molecule has 1 saturated heterocycles. The highest BCUT2D eigenvalue weighted by atomic mass is 32.1. The van der Waals surface area contributed by atoms with Crippen LogP contribution in [-0.4, -0.2) is 65.0 Å². The SMILES string of the molecule is C/C(=C\O)CN1CCN(C(=O)[C@@]2(NC(=O)c3cc4ccccc4s3)C[C@H]2C(C)C)CC1. The molecule has 2 amide bonds. The van der Waals surface area contributed by atoms with Gasteiger partial charge in [-0.2, -0.15) is 0 Å². The van der Waals surface area contributed by atoms with E-state index < -0.39 is 5.54 Å². The molecule has 0 bridgehead atoms. The van der Waals surface area contributed by atoms with Crippen molar-refractivity contribution in [3.63, 3.8) is 0 Å². The molecule has 31 heavy (non-hydrogen) atoms. The fourth-order valence-electron chi connectivity index (χ4n) is 4.68. The molecule has 4 rings (SSSR count). The van der Waals surface area contributed by atoms with E-state index in [9.17, 15) is 9.59 Å². The van der Waals surface area contributed by atoms with Crippen LogP contribution in [0.25, 0.3) is 10.1 Å². The van der Waals surface area contributed by atoms with Gasteiger partial charge in [-0.05, 0) is 48.3 Å². The first-order valence-electron chi connectivity index (χ1n) is 11.0. The first-order valence-corrected chi connectivity index (χ1v) is 11.8. The number of fused-ring (bicyclic) bond motifs is 1. The molecule has 2 atom stereocenters. The molecule has 1 aromatic carbocycles. The van der Waals surface area contributed by atoms with Crippen molar-refractivity contribution in [1.29, 1.82) is 0 Å². The van der Waals surface area contributed by atoms with E-state index in [1.165, 1.54) is 11.3 Å². The Bertz CT molecular complexity index is 973. The van der Waals surface area contributed by atoms with Gasteiger partial charge in [-0.15, -0.1) is 11.3 Å². The van der Waals surface area contributed by atoms with Crippen molar-refractivity contribution in [1.82, 2.24) is 15.1 Å². The van der Waals surface area contributed by atoms with Crippen molar-refractivity contribution in [3.8, 4) is 0 Å². The summed E-state index contributed by atoms with van der Waals surface area (Å²) in [6.07, 6.45) is 1.85. The molecule has 166 valence electrons. The molecule has 7 heteroatoms. The van der Waals surface area contributed by atoms with Gasteiger partial charge in [0.15, 0.2) is 0 Å². The molecule has 1 saturated carbocycles. The summed E-state index contributed by atoms with van der Waals surface area (Å²) in [5, 5.41) is 13.3. The molecule has 2 aromatic rings. The van der Waals surface area contributed by atoms with Crippen LogP contribution >= 0.6 is 11.3 Å². The molecular formula is C24H31N3O3S. The normalized spacial score (nSPS) is 24.6. The fraction of sp³-hybridized carbons (Fsp3) is 0.500. The lowest BCUT2D eigenvalue weighted by Gasteiger charge is -2.37. The van der Waals surface area contributed by atoms with Gasteiger partial charge in [0.2, 0.25) is 5.91 Å². The summed E-state index contributed by atoms with van der Waals surface area (Å²) in [6, 6.07) is 9.87. The zero-order chi connectivity index (χ0) is 22.2. The van der Waals surface area contributed by atoms with Gasteiger partial charge in [-0.1, -0.05) is 32.0 Å². The average molecular weight is 442 g/mol. The van der Waals surface area contributed by atoms with Crippen LogP contribution in [0.3, 0.4) is 0 Å². The van der Waals surface area contributed by atoms with Crippen LogP contribution < -0.4 is 5.32 Å². The number of nitrogens with one attached hydrogen (secondary N) is 1. The standard InChI is InChI=1S/C24H31N3O3S/c1-16(2)19-13-24(19,23(30)27-10-8-26(9-11-27)14-17(3)15-28)25-22(29)21-12-18-6-4-5-7-20(18)31-21/h4-7,12,15-16,19,28H,8-11,13-14H2,1-3H3,(H,25,29)/b17-15+/t19-,24+/m0/s1. The van der Waals surface area contributed by atoms with Gasteiger partial charge in [0.05, 0.1) is 11.1 Å². The van der Waals surface area contributed by atoms with Crippen LogP contribution in [0, 0.1) is 11.8 Å². The van der Waals surface area contributed by atoms with Crippen molar-refractivity contribution >= 4 is 33.2 Å². The molecule has 1 aromatic heterocycles. The Morgan fingerprint density at radius 1 is 1.26 bits per heavy atom. The number of carbonyl (C=O) groups excluding carboxylic acids is 2. The van der Waals surface area contributed by atoms with E-state index >= 15 is 0 Å². The molecule has 2 heterocycles. The number of aliphatic hydroxyl groups is 1. The predicted molar refractivity (Wildman–Crippen MR) is 124 cm³/mol. The van der Waals surface area contributed by atoms with Gasteiger partial charge in [-0.25, -0.2) is 0 Å². The lowest BCUT2D eigenvalue weighted by atomic mass is 10.0. The summed E-state index contributed by atoms with van der Waals surface area (Å²) in [7, 11) is 0. The molecule has 2 fully saturated rings. The number of nitrogens with zero attached hydrogens (tertiary/aromatic N) is 2. The Morgan fingerprint density at radius 2 is 1.97 bits per heavy atom. The summed E-state index contributed by atoms with van der Waals surface area (Å²) < 4.78 is 1.08. The van der Waals surface area contributed by atoms with Gasteiger partial charge in [-0.3, -0.25) is 14.5 Å². The van der Waals surface area contributed by atoms with Crippen LogP contribution in [0.15, 0.2) is 42.2 Å². The molecule has 2 aliphatic rings. The highest BCUT2D eigenvalue weighted by Crippen LogP contribution is 2.50. The summed E-state index contributed by atoms with van der Waals surface area (Å²) >= 11 is 1.47. The second-order valence-electron chi connectivity index (χ2n) is 9.17. The van der Waals surface area contributed by atoms with E-state index in [1.54, 1.807) is 0 Å². The van der Waals surface area contributed by atoms with Gasteiger partial charge < -0.3 is 15.3 Å². The second-order valence-corrected chi connectivity index (χ2v) is 10.3. The molecule has 1 aliphatic heterocycles. The van der Waals surface area contributed by atoms with Crippen molar-refractivity contribution in [2.24, 2.45) is 11.8 Å². The highest BCUT2D eigenvalue weighted by molar-refractivity contribution is 7.20. The monoisotopic (exact) mass is 441 g/mol. The fourth-order valence-corrected chi connectivity index (χ4v) is 5.64. The third kappa shape index (κ3) is 4.34. The topological polar surface area (TPSA) is 72.9 Å². The highest BCUT2D eigenvalue weighted by Gasteiger charge is 2.63. The summed E-state index contributed by atoms with van der Waals surface area (Å²) in [4.78, 5) is 31.5. The number of aliphatic hydroxyl groups excluding tert-OH is 1. The Balaban J connectivity index is 1.47. The maximum atomic E-state index is 13.6. The van der Waals surface area contributed by atoms with E-state index in [0.717, 1.165) is 35.0 Å². The Kier molecular flexibility index (Phi) is 6.08. The van der Waals surface area contributed by atoms with Crippen molar-refractivity contribution in [2.75, 3.05) is 32.7 Å². The Labute approximate surface area is 187 Å². The third-order valence-corrected chi connectivity index (χ3v) is 7.65. The number of hydrogen-bond donors (Lipinski definition) is 2. The van der Waals surface area contributed by atoms with E-state index in [2.05, 4.69) is 24.1 Å². The maximum absolute atomic E-state index is 13.6. The number of thiophene rings is 1. The minimum absolute atomic E-state index is 0.0507. The van der Waals surface area contributed by atoms with E-state index in [0.29, 0.717) is 36.9 Å². The minimum Gasteiger partial charge on any atom is -0.516 e.